The van der Waals surface area contributed by atoms with Crippen LogP contribution in [0.25, 0.3) is 0 Å². The van der Waals surface area contributed by atoms with Crippen LogP contribution in [0.5, 0.6) is 11.5 Å². The quantitative estimate of drug-likeness (QED) is 0.209. The molecule has 1 heterocycles. The standard InChI is InChI=1S/C20H22F6INO8/c1-4-35-15(30)12-11(8-6-9(27)14(29)10(7-8)34-3)13(16(31)36-5-2)18(33,20(24,25)26)28-17(12,32)19(21,22)23/h6-7,11-13,28-29,32-33H,4-5H2,1-3H3/t11?,12-,13+,17-,18-/m0/s1. The lowest BCUT2D eigenvalue weighted by atomic mass is 9.64. The van der Waals surface area contributed by atoms with Crippen molar-refractivity contribution in [2.75, 3.05) is 20.3 Å². The molecule has 1 unspecified atom stereocenters. The summed E-state index contributed by atoms with van der Waals surface area (Å²) in [5.41, 5.74) is -10.1. The Morgan fingerprint density at radius 2 is 1.39 bits per heavy atom. The van der Waals surface area contributed by atoms with Gasteiger partial charge in [0, 0.05) is 5.92 Å². The second-order valence-electron chi connectivity index (χ2n) is 7.69. The van der Waals surface area contributed by atoms with Gasteiger partial charge in [-0.25, -0.2) is 5.32 Å². The fourth-order valence-corrected chi connectivity index (χ4v) is 4.70. The molecule has 1 aliphatic rings. The van der Waals surface area contributed by atoms with Crippen molar-refractivity contribution >= 4 is 34.5 Å². The maximum absolute atomic E-state index is 14.2. The van der Waals surface area contributed by atoms with Gasteiger partial charge in [0.05, 0.1) is 23.9 Å². The number of alkyl halides is 6. The van der Waals surface area contributed by atoms with Crippen LogP contribution in [0.15, 0.2) is 12.1 Å². The molecule has 1 aliphatic heterocycles. The number of nitrogens with one attached hydrogen (secondary N) is 1. The van der Waals surface area contributed by atoms with Crippen LogP contribution < -0.4 is 10.1 Å². The van der Waals surface area contributed by atoms with Gasteiger partial charge in [-0.2, -0.15) is 26.3 Å². The highest BCUT2D eigenvalue weighted by molar-refractivity contribution is 14.1. The molecule has 4 N–H and O–H groups in total. The minimum Gasteiger partial charge on any atom is -0.504 e. The molecule has 1 fully saturated rings. The number of hydrogen-bond donors (Lipinski definition) is 4. The fourth-order valence-electron chi connectivity index (χ4n) is 4.08. The van der Waals surface area contributed by atoms with Gasteiger partial charge in [-0.15, -0.1) is 0 Å². The van der Waals surface area contributed by atoms with Crippen LogP contribution in [-0.4, -0.2) is 71.4 Å². The lowest BCUT2D eigenvalue weighted by molar-refractivity contribution is -0.376. The summed E-state index contributed by atoms with van der Waals surface area (Å²) >= 11 is 1.48. The predicted molar refractivity (Wildman–Crippen MR) is 116 cm³/mol. The van der Waals surface area contributed by atoms with Crippen LogP contribution in [0.4, 0.5) is 26.3 Å². The van der Waals surface area contributed by atoms with E-state index in [0.29, 0.717) is 5.32 Å². The number of aromatic hydroxyl groups is 1. The molecule has 36 heavy (non-hydrogen) atoms. The molecule has 0 amide bonds. The Morgan fingerprint density at radius 3 is 1.72 bits per heavy atom. The fraction of sp³-hybridized carbons (Fsp3) is 0.600. The Hall–Kier alpha value is -2.05. The predicted octanol–water partition coefficient (Wildman–Crippen LogP) is 2.55. The number of halogens is 7. The van der Waals surface area contributed by atoms with E-state index in [1.165, 1.54) is 36.4 Å². The van der Waals surface area contributed by atoms with E-state index in [1.807, 2.05) is 0 Å². The molecular weight excluding hydrogens is 623 g/mol. The molecule has 2 rings (SSSR count). The maximum atomic E-state index is 14.2. The zero-order valence-corrected chi connectivity index (χ0v) is 21.0. The summed E-state index contributed by atoms with van der Waals surface area (Å²) < 4.78 is 99.1. The van der Waals surface area contributed by atoms with E-state index in [-0.39, 0.29) is 3.57 Å². The molecule has 16 heteroatoms. The number of rotatable bonds is 6. The normalized spacial score (nSPS) is 28.9. The first-order valence-electron chi connectivity index (χ1n) is 10.2. The van der Waals surface area contributed by atoms with Crippen LogP contribution >= 0.6 is 22.6 Å². The lowest BCUT2D eigenvalue weighted by Crippen LogP contribution is -2.81. The van der Waals surface area contributed by atoms with Crippen molar-refractivity contribution in [3.05, 3.63) is 21.3 Å². The number of esters is 2. The summed E-state index contributed by atoms with van der Waals surface area (Å²) in [6.45, 7) is 1.30. The Labute approximate surface area is 213 Å². The average molecular weight is 645 g/mol. The molecule has 5 atom stereocenters. The van der Waals surface area contributed by atoms with Crippen LogP contribution in [0.1, 0.15) is 25.3 Å². The third-order valence-corrected chi connectivity index (χ3v) is 6.42. The number of piperidine rings is 1. The summed E-state index contributed by atoms with van der Waals surface area (Å²) in [6.07, 6.45) is -12.0. The number of carbonyl (C=O) groups excluding carboxylic acids is 2. The second kappa shape index (κ2) is 10.4. The molecule has 9 nitrogen and oxygen atoms in total. The average Bonchev–Trinajstić information content (AvgIpc) is 2.73. The minimum absolute atomic E-state index is 0.156. The molecule has 0 bridgehead atoms. The summed E-state index contributed by atoms with van der Waals surface area (Å²) in [5, 5.41) is 32.1. The van der Waals surface area contributed by atoms with Gasteiger partial charge in [0.1, 0.15) is 11.8 Å². The largest absolute Gasteiger partial charge is 0.504 e. The molecule has 0 aliphatic carbocycles. The highest BCUT2D eigenvalue weighted by Crippen LogP contribution is 2.56. The first-order valence-corrected chi connectivity index (χ1v) is 11.3. The molecule has 0 spiro atoms. The summed E-state index contributed by atoms with van der Waals surface area (Å²) in [4.78, 5) is 25.6. The summed E-state index contributed by atoms with van der Waals surface area (Å²) in [5.74, 6) is -13.1. The molecule has 0 aromatic heterocycles. The molecular formula is C20H22F6INO8. The Balaban J connectivity index is 3.07. The Bertz CT molecular complexity index is 958. The van der Waals surface area contributed by atoms with Gasteiger partial charge in [-0.05, 0) is 54.1 Å². The van der Waals surface area contributed by atoms with E-state index in [4.69, 9.17) is 4.74 Å². The van der Waals surface area contributed by atoms with Gasteiger partial charge in [-0.1, -0.05) is 0 Å². The first kappa shape index (κ1) is 30.2. The maximum Gasteiger partial charge on any atom is 0.432 e. The van der Waals surface area contributed by atoms with Gasteiger partial charge >= 0.3 is 24.3 Å². The van der Waals surface area contributed by atoms with Crippen molar-refractivity contribution in [1.82, 2.24) is 5.32 Å². The van der Waals surface area contributed by atoms with Crippen LogP contribution in [0, 0.1) is 15.4 Å². The van der Waals surface area contributed by atoms with Crippen molar-refractivity contribution in [1.29, 1.82) is 0 Å². The van der Waals surface area contributed by atoms with Crippen molar-refractivity contribution in [3.8, 4) is 11.5 Å². The van der Waals surface area contributed by atoms with E-state index in [2.05, 4.69) is 9.47 Å². The Morgan fingerprint density at radius 1 is 0.972 bits per heavy atom. The van der Waals surface area contributed by atoms with E-state index in [9.17, 15) is 51.3 Å². The summed E-state index contributed by atoms with van der Waals surface area (Å²) in [6, 6.07) is 1.65. The third kappa shape index (κ3) is 5.04. The number of hydrogen-bond acceptors (Lipinski definition) is 9. The van der Waals surface area contributed by atoms with Gasteiger partial charge in [0.25, 0.3) is 0 Å². The zero-order chi connectivity index (χ0) is 27.9. The topological polar surface area (TPSA) is 135 Å². The minimum atomic E-state index is -6.00. The Kier molecular flexibility index (Phi) is 8.69. The molecule has 1 aromatic rings. The SMILES string of the molecule is CCOC(=O)[C@@H]1C(c2cc(I)c(O)c(OC)c2)[C@H](C(=O)OCC)[C@](O)(C(F)(F)F)N[C@@]1(O)C(F)(F)F. The van der Waals surface area contributed by atoms with Gasteiger partial charge < -0.3 is 29.5 Å². The highest BCUT2D eigenvalue weighted by Gasteiger charge is 2.78. The van der Waals surface area contributed by atoms with Crippen LogP contribution in [0.3, 0.4) is 0 Å². The van der Waals surface area contributed by atoms with Crippen LogP contribution in [0.2, 0.25) is 0 Å². The monoisotopic (exact) mass is 645 g/mol. The van der Waals surface area contributed by atoms with Crippen molar-refractivity contribution in [2.24, 2.45) is 11.8 Å². The van der Waals surface area contributed by atoms with E-state index < -0.39 is 83.8 Å². The number of benzene rings is 1. The molecule has 0 saturated carbocycles. The number of carbonyl (C=O) groups is 2. The third-order valence-electron chi connectivity index (χ3n) is 5.60. The number of methoxy groups -OCH3 is 1. The van der Waals surface area contributed by atoms with Gasteiger partial charge in [0.2, 0.25) is 11.4 Å². The van der Waals surface area contributed by atoms with E-state index in [1.54, 1.807) is 0 Å². The second-order valence-corrected chi connectivity index (χ2v) is 8.85. The smallest absolute Gasteiger partial charge is 0.432 e. The van der Waals surface area contributed by atoms with E-state index in [0.717, 1.165) is 19.2 Å². The lowest BCUT2D eigenvalue weighted by Gasteiger charge is -2.54. The van der Waals surface area contributed by atoms with Crippen molar-refractivity contribution in [2.45, 2.75) is 43.6 Å². The number of phenolic OH excluding ortho intramolecular Hbond substituents is 1. The number of aliphatic hydroxyl groups is 2. The number of phenols is 1. The summed E-state index contributed by atoms with van der Waals surface area (Å²) in [7, 11) is 1.03. The van der Waals surface area contributed by atoms with Crippen molar-refractivity contribution in [3.63, 3.8) is 0 Å². The molecule has 204 valence electrons. The first-order chi connectivity index (χ1) is 16.4. The van der Waals surface area contributed by atoms with Gasteiger partial charge in [-0.3, -0.25) is 9.59 Å². The highest BCUT2D eigenvalue weighted by atomic mass is 127. The van der Waals surface area contributed by atoms with E-state index >= 15 is 0 Å². The molecule has 1 aromatic carbocycles. The van der Waals surface area contributed by atoms with Gasteiger partial charge in [0.15, 0.2) is 11.5 Å². The van der Waals surface area contributed by atoms with Crippen LogP contribution in [-0.2, 0) is 19.1 Å². The molecule has 1 saturated heterocycles. The van der Waals surface area contributed by atoms with Crippen molar-refractivity contribution < 1.29 is 65.5 Å². The zero-order valence-electron chi connectivity index (χ0n) is 18.8. The number of ether oxygens (including phenoxy) is 3. The molecule has 0 radical (unpaired) electrons.